The third kappa shape index (κ3) is 14.0. The molecule has 6 rings (SSSR count). The van der Waals surface area contributed by atoms with Gasteiger partial charge in [0.1, 0.15) is 42.6 Å². The van der Waals surface area contributed by atoms with E-state index in [1.165, 1.54) is 68.9 Å². The number of carbonyl (C=O) groups is 2. The summed E-state index contributed by atoms with van der Waals surface area (Å²) < 4.78 is 126. The highest BCUT2D eigenvalue weighted by atomic mass is 28.3. The predicted octanol–water partition coefficient (Wildman–Crippen LogP) is 11.4. The molecule has 4 heterocycles. The fraction of sp³-hybridized carbons (Fsp3) is 0.375. The minimum atomic E-state index is -4.64. The second-order valence-electron chi connectivity index (χ2n) is 19.0. The van der Waals surface area contributed by atoms with Crippen LogP contribution in [0.1, 0.15) is 50.2 Å². The van der Waals surface area contributed by atoms with Gasteiger partial charge in [-0.1, -0.05) is 31.8 Å². The highest BCUT2D eigenvalue weighted by Gasteiger charge is 2.40. The number of aromatic amines is 2. The van der Waals surface area contributed by atoms with Crippen LogP contribution in [0.15, 0.2) is 73.3 Å². The molecule has 0 radical (unpaired) electrons. The fourth-order valence-corrected chi connectivity index (χ4v) is 7.02. The second kappa shape index (κ2) is 21.1. The van der Waals surface area contributed by atoms with Gasteiger partial charge in [-0.2, -0.15) is 26.3 Å². The number of alkyl halides is 6. The number of hydrogen-bond donors (Lipinski definition) is 4. The van der Waals surface area contributed by atoms with Crippen LogP contribution in [0.2, 0.25) is 25.7 Å². The quantitative estimate of drug-likeness (QED) is 0.0298. The summed E-state index contributed by atoms with van der Waals surface area (Å²) in [6.45, 7) is 16.2. The number of rotatable bonds is 17. The van der Waals surface area contributed by atoms with Crippen molar-refractivity contribution in [2.24, 2.45) is 10.8 Å². The standard InChI is InChI=1S/C27H33F4N3O4Si.C21H19F4N3O3/c1-17-11-23(38-15-26(2,3)25(35)36)32-13-20(17)18-7-8-19(21(28)12-18)24-33-22(27(29,30)31)14-34(24)16-37-9-10-39(4,5)6;1-11-6-17(31-10-20(2,3)19(29)30)26-8-14(11)12-4-5-13(15(22)7-12)18-27-9-16(28-18)21(23,24)25/h7-8,11-14H,9-10,15-16H2,1-6H3,(H,35,36);4-9H,10H2,1-3H3,(H,27,28)(H,29,30)/p+1. The lowest BCUT2D eigenvalue weighted by molar-refractivity contribution is -0.721. The first kappa shape index (κ1) is 54.3. The summed E-state index contributed by atoms with van der Waals surface area (Å²) in [6, 6.07) is 12.4. The van der Waals surface area contributed by atoms with Crippen LogP contribution < -0.4 is 14.0 Å². The molecular weight excluding hydrogens is 953 g/mol. The van der Waals surface area contributed by atoms with Crippen molar-refractivity contribution in [3.8, 4) is 56.8 Å². The molecule has 22 heteroatoms. The van der Waals surface area contributed by atoms with E-state index in [0.717, 1.165) is 12.2 Å². The Bertz CT molecular complexity index is 2840. The maximum atomic E-state index is 15.3. The van der Waals surface area contributed by atoms with Gasteiger partial charge in [-0.25, -0.2) is 33.3 Å². The Hall–Kier alpha value is -6.68. The Morgan fingerprint density at radius 2 is 1.13 bits per heavy atom. The van der Waals surface area contributed by atoms with Crippen LogP contribution in [0.4, 0.5) is 35.1 Å². The normalized spacial score (nSPS) is 12.4. The number of nitrogens with one attached hydrogen (secondary N) is 2. The predicted molar refractivity (Wildman–Crippen MR) is 244 cm³/mol. The first-order valence-corrected chi connectivity index (χ1v) is 25.2. The maximum absolute atomic E-state index is 15.3. The average Bonchev–Trinajstić information content (AvgIpc) is 3.93. The summed E-state index contributed by atoms with van der Waals surface area (Å²) in [7, 11) is -1.39. The van der Waals surface area contributed by atoms with Gasteiger partial charge in [0.25, 0.3) is 5.82 Å². The largest absolute Gasteiger partial charge is 0.481 e. The Balaban J connectivity index is 0.000000267. The van der Waals surface area contributed by atoms with Gasteiger partial charge >= 0.3 is 24.3 Å². The first-order chi connectivity index (χ1) is 32.4. The van der Waals surface area contributed by atoms with Gasteiger partial charge in [-0.15, -0.1) is 0 Å². The van der Waals surface area contributed by atoms with Gasteiger partial charge < -0.3 is 29.4 Å². The van der Waals surface area contributed by atoms with Gasteiger partial charge in [0.15, 0.2) is 6.73 Å². The van der Waals surface area contributed by atoms with Crippen LogP contribution >= 0.6 is 0 Å². The topological polar surface area (TPSA) is 176 Å². The average molecular weight is 1010 g/mol. The van der Waals surface area contributed by atoms with Crippen LogP contribution in [0.25, 0.3) is 45.0 Å². The number of imidazole rings is 2. The van der Waals surface area contributed by atoms with Crippen molar-refractivity contribution < 1.29 is 73.7 Å². The van der Waals surface area contributed by atoms with Crippen LogP contribution in [0.3, 0.4) is 0 Å². The van der Waals surface area contributed by atoms with Crippen LogP contribution in [-0.4, -0.2) is 75.0 Å². The second-order valence-corrected chi connectivity index (χ2v) is 24.6. The highest BCUT2D eigenvalue weighted by Crippen LogP contribution is 2.35. The zero-order valence-electron chi connectivity index (χ0n) is 39.7. The lowest BCUT2D eigenvalue weighted by atomic mass is 9.95. The van der Waals surface area contributed by atoms with E-state index in [9.17, 15) is 45.4 Å². The molecule has 0 unspecified atom stereocenters. The molecule has 0 saturated heterocycles. The van der Waals surface area contributed by atoms with E-state index in [0.29, 0.717) is 46.2 Å². The van der Waals surface area contributed by atoms with Gasteiger partial charge in [0.05, 0.1) is 28.2 Å². The molecule has 4 aromatic heterocycles. The monoisotopic (exact) mass is 1010 g/mol. The zero-order valence-corrected chi connectivity index (χ0v) is 40.7. The van der Waals surface area contributed by atoms with Crippen molar-refractivity contribution in [3.63, 3.8) is 0 Å². The zero-order chi connectivity index (χ0) is 52.1. The van der Waals surface area contributed by atoms with Crippen molar-refractivity contribution in [2.75, 3.05) is 19.8 Å². The number of aromatic nitrogens is 6. The van der Waals surface area contributed by atoms with Crippen LogP contribution in [0.5, 0.6) is 11.8 Å². The van der Waals surface area contributed by atoms with E-state index in [4.69, 9.17) is 19.3 Å². The molecule has 2 aromatic carbocycles. The molecule has 13 nitrogen and oxygen atoms in total. The molecule has 0 amide bonds. The number of aliphatic carboxylic acids is 2. The van der Waals surface area contributed by atoms with Crippen molar-refractivity contribution in [1.29, 1.82) is 0 Å². The minimum absolute atomic E-state index is 0.0375. The van der Waals surface area contributed by atoms with Gasteiger partial charge in [0.2, 0.25) is 17.5 Å². The Morgan fingerprint density at radius 1 is 0.657 bits per heavy atom. The first-order valence-electron chi connectivity index (χ1n) is 21.5. The SMILES string of the molecule is Cc1cc(OCC(C)(C)C(=O)O)ncc1-c1ccc(-c2[nH]c(C(F)(F)F)c[n+]2COCC[Si](C)(C)C)c(F)c1.Cc1cc(OCC(C)(C)C(=O)O)ncc1-c1ccc(-c2ncc(C(F)(F)F)[nH]2)c(F)c1. The Kier molecular flexibility index (Phi) is 16.4. The molecule has 0 aliphatic rings. The number of hydrogen-bond acceptors (Lipinski definition) is 8. The van der Waals surface area contributed by atoms with E-state index in [1.807, 2.05) is 0 Å². The number of ether oxygens (including phenoxy) is 3. The van der Waals surface area contributed by atoms with E-state index in [2.05, 4.69) is 44.6 Å². The molecule has 70 heavy (non-hydrogen) atoms. The van der Waals surface area contributed by atoms with Crippen molar-refractivity contribution in [2.45, 2.75) is 86.3 Å². The number of aryl methyl sites for hydroxylation is 2. The number of halogens is 8. The molecule has 0 bridgehead atoms. The minimum Gasteiger partial charge on any atom is -0.481 e. The summed E-state index contributed by atoms with van der Waals surface area (Å²) in [6.07, 6.45) is -4.80. The number of carboxylic acids is 2. The third-order valence-electron chi connectivity index (χ3n) is 10.8. The molecule has 0 aliphatic heterocycles. The van der Waals surface area contributed by atoms with Gasteiger partial charge in [-0.05, 0) is 94.1 Å². The number of H-pyrrole nitrogens is 2. The lowest BCUT2D eigenvalue weighted by Crippen LogP contribution is -2.36. The molecule has 376 valence electrons. The van der Waals surface area contributed by atoms with Crippen LogP contribution in [-0.2, 0) is 33.4 Å². The molecule has 0 saturated carbocycles. The molecule has 6 aromatic rings. The van der Waals surface area contributed by atoms with Crippen molar-refractivity contribution in [1.82, 2.24) is 24.9 Å². The fourth-order valence-electron chi connectivity index (χ4n) is 6.27. The molecule has 4 N–H and O–H groups in total. The Labute approximate surface area is 398 Å². The van der Waals surface area contributed by atoms with Gasteiger partial charge in [0, 0.05) is 50.3 Å². The summed E-state index contributed by atoms with van der Waals surface area (Å²) in [5, 5.41) is 18.4. The van der Waals surface area contributed by atoms with E-state index in [1.54, 1.807) is 38.1 Å². The Morgan fingerprint density at radius 3 is 1.53 bits per heavy atom. The van der Waals surface area contributed by atoms with Crippen molar-refractivity contribution >= 4 is 20.0 Å². The highest BCUT2D eigenvalue weighted by molar-refractivity contribution is 6.76. The summed E-state index contributed by atoms with van der Waals surface area (Å²) in [5.74, 6) is -3.31. The molecular formula is C48H53F8N6O7Si+. The van der Waals surface area contributed by atoms with Gasteiger partial charge in [-0.3, -0.25) is 9.59 Å². The number of carboxylic acid groups (broad SMARTS) is 2. The maximum Gasteiger partial charge on any atom is 0.457 e. The van der Waals surface area contributed by atoms with E-state index >= 15 is 4.39 Å². The molecule has 0 fully saturated rings. The molecule has 0 aliphatic carbocycles. The summed E-state index contributed by atoms with van der Waals surface area (Å²) in [4.78, 5) is 38.8. The number of benzene rings is 2. The summed E-state index contributed by atoms with van der Waals surface area (Å²) >= 11 is 0. The van der Waals surface area contributed by atoms with E-state index < -0.39 is 66.2 Å². The van der Waals surface area contributed by atoms with E-state index in [-0.39, 0.29) is 54.5 Å². The number of pyridine rings is 2. The summed E-state index contributed by atoms with van der Waals surface area (Å²) in [5.41, 5.74) is -0.882. The molecule has 0 atom stereocenters. The van der Waals surface area contributed by atoms with Crippen molar-refractivity contribution in [3.05, 3.63) is 107 Å². The lowest BCUT2D eigenvalue weighted by Gasteiger charge is -2.19. The third-order valence-corrected chi connectivity index (χ3v) is 12.5. The number of nitrogens with zero attached hydrogens (tertiary/aromatic N) is 4. The van der Waals surface area contributed by atoms with Crippen LogP contribution in [0, 0.1) is 36.3 Å². The molecule has 0 spiro atoms. The smallest absolute Gasteiger partial charge is 0.457 e.